The number of anilines is 1. The Kier molecular flexibility index (Phi) is 4.35. The van der Waals surface area contributed by atoms with Crippen LogP contribution in [0.25, 0.3) is 0 Å². The number of halogens is 1. The van der Waals surface area contributed by atoms with Gasteiger partial charge in [0.25, 0.3) is 0 Å². The maximum Gasteiger partial charge on any atom is 0.337 e. The van der Waals surface area contributed by atoms with E-state index in [0.29, 0.717) is 17.3 Å². The second-order valence-electron chi connectivity index (χ2n) is 4.81. The Morgan fingerprint density at radius 1 is 1.45 bits per heavy atom. The van der Waals surface area contributed by atoms with Crippen molar-refractivity contribution >= 4 is 23.3 Å². The molecule has 0 aliphatic rings. The highest BCUT2D eigenvalue weighted by molar-refractivity contribution is 6.32. The van der Waals surface area contributed by atoms with Crippen LogP contribution in [-0.2, 0) is 6.54 Å². The first-order chi connectivity index (χ1) is 9.49. The van der Waals surface area contributed by atoms with Gasteiger partial charge in [-0.25, -0.2) is 4.79 Å². The second kappa shape index (κ2) is 6.01. The van der Waals surface area contributed by atoms with E-state index in [9.17, 15) is 9.90 Å². The fourth-order valence-corrected chi connectivity index (χ4v) is 2.33. The lowest BCUT2D eigenvalue weighted by atomic mass is 9.99. The van der Waals surface area contributed by atoms with Crippen LogP contribution in [0.4, 0.5) is 5.69 Å². The van der Waals surface area contributed by atoms with E-state index < -0.39 is 5.97 Å². The summed E-state index contributed by atoms with van der Waals surface area (Å²) in [5.41, 5.74) is 1.53. The van der Waals surface area contributed by atoms with Crippen LogP contribution < -0.4 is 5.32 Å². The van der Waals surface area contributed by atoms with Crippen LogP contribution in [0.15, 0.2) is 34.9 Å². The molecule has 0 saturated heterocycles. The molecule has 20 heavy (non-hydrogen) atoms. The number of aromatic carboxylic acids is 1. The molecular formula is C15H16ClNO3. The molecule has 1 aromatic heterocycles. The number of hydrogen-bond donors (Lipinski definition) is 2. The smallest absolute Gasteiger partial charge is 0.337 e. The predicted octanol–water partition coefficient (Wildman–Crippen LogP) is 4.37. The van der Waals surface area contributed by atoms with Crippen LogP contribution in [0.1, 0.15) is 41.4 Å². The number of rotatable bonds is 5. The van der Waals surface area contributed by atoms with Gasteiger partial charge in [-0.2, -0.15) is 0 Å². The standard InChI is InChI=1S/C15H16ClNO3/c1-9(2)11-6-12(15(18)19)14(7-13(11)16)17-8-10-4-3-5-20-10/h3-7,9,17H,8H2,1-2H3,(H,18,19). The lowest BCUT2D eigenvalue weighted by Crippen LogP contribution is -2.07. The van der Waals surface area contributed by atoms with Gasteiger partial charge in [0, 0.05) is 5.02 Å². The topological polar surface area (TPSA) is 62.5 Å². The number of nitrogens with one attached hydrogen (secondary N) is 1. The molecule has 0 atom stereocenters. The van der Waals surface area contributed by atoms with Gasteiger partial charge in [0.1, 0.15) is 5.76 Å². The molecule has 1 aromatic carbocycles. The van der Waals surface area contributed by atoms with E-state index in [0.717, 1.165) is 11.3 Å². The largest absolute Gasteiger partial charge is 0.478 e. The Labute approximate surface area is 122 Å². The van der Waals surface area contributed by atoms with Crippen LogP contribution in [0.3, 0.4) is 0 Å². The molecule has 4 nitrogen and oxygen atoms in total. The molecule has 0 radical (unpaired) electrons. The zero-order valence-corrected chi connectivity index (χ0v) is 12.1. The summed E-state index contributed by atoms with van der Waals surface area (Å²) in [5, 5.41) is 12.9. The van der Waals surface area contributed by atoms with Gasteiger partial charge in [-0.05, 0) is 35.7 Å². The van der Waals surface area contributed by atoms with Gasteiger partial charge in [0.2, 0.25) is 0 Å². The SMILES string of the molecule is CC(C)c1cc(C(=O)O)c(NCc2ccco2)cc1Cl. The molecule has 0 unspecified atom stereocenters. The van der Waals surface area contributed by atoms with Crippen LogP contribution in [0.2, 0.25) is 5.02 Å². The highest BCUT2D eigenvalue weighted by Crippen LogP contribution is 2.30. The first kappa shape index (κ1) is 14.5. The van der Waals surface area contributed by atoms with Crippen LogP contribution >= 0.6 is 11.6 Å². The number of hydrogen-bond acceptors (Lipinski definition) is 3. The molecule has 0 fully saturated rings. The van der Waals surface area contributed by atoms with Crippen molar-refractivity contribution in [2.75, 3.05) is 5.32 Å². The number of benzene rings is 1. The second-order valence-corrected chi connectivity index (χ2v) is 5.22. The summed E-state index contributed by atoms with van der Waals surface area (Å²) in [6, 6.07) is 6.88. The van der Waals surface area contributed by atoms with Crippen molar-refractivity contribution in [3.05, 3.63) is 52.4 Å². The summed E-state index contributed by atoms with van der Waals surface area (Å²) in [5.74, 6) is -0.0874. The Morgan fingerprint density at radius 3 is 2.75 bits per heavy atom. The Balaban J connectivity index is 2.31. The van der Waals surface area contributed by atoms with E-state index >= 15 is 0 Å². The minimum atomic E-state index is -0.981. The molecule has 106 valence electrons. The summed E-state index contributed by atoms with van der Waals surface area (Å²) in [6.45, 7) is 4.36. The van der Waals surface area contributed by atoms with Crippen molar-refractivity contribution in [1.29, 1.82) is 0 Å². The lowest BCUT2D eigenvalue weighted by molar-refractivity contribution is 0.0698. The Bertz CT molecular complexity index is 606. The molecule has 0 saturated carbocycles. The minimum absolute atomic E-state index is 0.166. The maximum absolute atomic E-state index is 11.4. The van der Waals surface area contributed by atoms with Crippen molar-refractivity contribution in [2.24, 2.45) is 0 Å². The van der Waals surface area contributed by atoms with E-state index in [1.165, 1.54) is 0 Å². The zero-order valence-electron chi connectivity index (χ0n) is 11.3. The highest BCUT2D eigenvalue weighted by Gasteiger charge is 2.16. The molecule has 0 aliphatic carbocycles. The average molecular weight is 294 g/mol. The minimum Gasteiger partial charge on any atom is -0.478 e. The molecule has 1 heterocycles. The summed E-state index contributed by atoms with van der Waals surface area (Å²) in [4.78, 5) is 11.4. The Hall–Kier alpha value is -1.94. The first-order valence-corrected chi connectivity index (χ1v) is 6.70. The monoisotopic (exact) mass is 293 g/mol. The molecule has 2 rings (SSSR count). The van der Waals surface area contributed by atoms with E-state index in [-0.39, 0.29) is 11.5 Å². The van der Waals surface area contributed by atoms with Gasteiger partial charge in [-0.1, -0.05) is 25.4 Å². The normalized spacial score (nSPS) is 10.8. The van der Waals surface area contributed by atoms with E-state index in [1.807, 2.05) is 19.9 Å². The fraction of sp³-hybridized carbons (Fsp3) is 0.267. The van der Waals surface area contributed by atoms with Gasteiger partial charge >= 0.3 is 5.97 Å². The van der Waals surface area contributed by atoms with Crippen LogP contribution in [0.5, 0.6) is 0 Å². The van der Waals surface area contributed by atoms with Crippen molar-refractivity contribution in [3.63, 3.8) is 0 Å². The summed E-state index contributed by atoms with van der Waals surface area (Å²) >= 11 is 6.21. The van der Waals surface area contributed by atoms with Crippen LogP contribution in [-0.4, -0.2) is 11.1 Å². The molecule has 5 heteroatoms. The Morgan fingerprint density at radius 2 is 2.20 bits per heavy atom. The zero-order chi connectivity index (χ0) is 14.7. The summed E-state index contributed by atoms with van der Waals surface area (Å²) in [7, 11) is 0. The first-order valence-electron chi connectivity index (χ1n) is 6.32. The molecule has 2 N–H and O–H groups in total. The number of carboxylic acid groups (broad SMARTS) is 1. The van der Waals surface area contributed by atoms with Gasteiger partial charge in [0.05, 0.1) is 24.1 Å². The van der Waals surface area contributed by atoms with Crippen molar-refractivity contribution in [3.8, 4) is 0 Å². The number of furan rings is 1. The van der Waals surface area contributed by atoms with Crippen molar-refractivity contribution < 1.29 is 14.3 Å². The molecule has 0 amide bonds. The molecule has 0 spiro atoms. The fourth-order valence-electron chi connectivity index (χ4n) is 1.95. The average Bonchev–Trinajstić information content (AvgIpc) is 2.88. The third-order valence-corrected chi connectivity index (χ3v) is 3.35. The lowest BCUT2D eigenvalue weighted by Gasteiger charge is -2.14. The third kappa shape index (κ3) is 3.14. The van der Waals surface area contributed by atoms with E-state index in [2.05, 4.69) is 5.32 Å². The summed E-state index contributed by atoms with van der Waals surface area (Å²) in [6.07, 6.45) is 1.57. The molecule has 0 aliphatic heterocycles. The van der Waals surface area contributed by atoms with Crippen molar-refractivity contribution in [2.45, 2.75) is 26.3 Å². The van der Waals surface area contributed by atoms with Crippen LogP contribution in [0, 0.1) is 0 Å². The molecule has 2 aromatic rings. The van der Waals surface area contributed by atoms with Gasteiger partial charge in [-0.3, -0.25) is 0 Å². The summed E-state index contributed by atoms with van der Waals surface area (Å²) < 4.78 is 5.20. The quantitative estimate of drug-likeness (QED) is 0.859. The third-order valence-electron chi connectivity index (χ3n) is 3.02. The molecule has 0 bridgehead atoms. The van der Waals surface area contributed by atoms with Gasteiger partial charge in [0.15, 0.2) is 0 Å². The highest BCUT2D eigenvalue weighted by atomic mass is 35.5. The maximum atomic E-state index is 11.4. The van der Waals surface area contributed by atoms with Crippen molar-refractivity contribution in [1.82, 2.24) is 0 Å². The number of carboxylic acids is 1. The number of carbonyl (C=O) groups is 1. The predicted molar refractivity (Wildman–Crippen MR) is 78.5 cm³/mol. The molecular weight excluding hydrogens is 278 g/mol. The van der Waals surface area contributed by atoms with E-state index in [4.69, 9.17) is 16.0 Å². The van der Waals surface area contributed by atoms with Gasteiger partial charge < -0.3 is 14.8 Å². The van der Waals surface area contributed by atoms with E-state index in [1.54, 1.807) is 24.5 Å². The van der Waals surface area contributed by atoms with Gasteiger partial charge in [-0.15, -0.1) is 0 Å².